The molecule has 0 aromatic heterocycles. The SMILES string of the molecule is C=CC(=CC(=CC)c1ccc(N(c2ccc3c(c2)C(C)(C)c2ccccc2-3)c2ccc3c4c(cccc24)CC3)cc1)c1ccc(N(c2ccccc2)c2ccc3c(c2)C(C)(C)c2ccccc2-3)cc1. The van der Waals surface area contributed by atoms with E-state index < -0.39 is 0 Å². The van der Waals surface area contributed by atoms with E-state index in [4.69, 9.17) is 0 Å². The highest BCUT2D eigenvalue weighted by Crippen LogP contribution is 2.53. The van der Waals surface area contributed by atoms with Gasteiger partial charge in [0.15, 0.2) is 0 Å². The van der Waals surface area contributed by atoms with E-state index in [-0.39, 0.29) is 10.8 Å². The van der Waals surface area contributed by atoms with Gasteiger partial charge in [0.1, 0.15) is 0 Å². The van der Waals surface area contributed by atoms with Crippen molar-refractivity contribution >= 4 is 56.0 Å². The molecule has 0 atom stereocenters. The van der Waals surface area contributed by atoms with Gasteiger partial charge >= 0.3 is 0 Å². The summed E-state index contributed by atoms with van der Waals surface area (Å²) in [6, 6.07) is 72.2. The number of anilines is 6. The van der Waals surface area contributed by atoms with Gasteiger partial charge in [0.25, 0.3) is 0 Å². The largest absolute Gasteiger partial charge is 0.310 e. The zero-order chi connectivity index (χ0) is 47.0. The van der Waals surface area contributed by atoms with E-state index in [0.717, 1.165) is 57.9 Å². The second-order valence-electron chi connectivity index (χ2n) is 20.0. The first-order valence-corrected chi connectivity index (χ1v) is 24.5. The molecular weight excluding hydrogens is 833 g/mol. The Bertz CT molecular complexity index is 3560. The minimum Gasteiger partial charge on any atom is -0.310 e. The average Bonchev–Trinajstić information content (AvgIpc) is 3.99. The molecule has 9 aromatic carbocycles. The summed E-state index contributed by atoms with van der Waals surface area (Å²) in [5.74, 6) is 0. The second kappa shape index (κ2) is 16.4. The van der Waals surface area contributed by atoms with Gasteiger partial charge in [-0.1, -0.05) is 174 Å². The zero-order valence-electron chi connectivity index (χ0n) is 40.2. The van der Waals surface area contributed by atoms with Crippen molar-refractivity contribution in [2.24, 2.45) is 0 Å². The predicted octanol–water partition coefficient (Wildman–Crippen LogP) is 18.2. The molecule has 2 nitrogen and oxygen atoms in total. The van der Waals surface area contributed by atoms with E-state index in [1.54, 1.807) is 0 Å². The topological polar surface area (TPSA) is 6.48 Å². The van der Waals surface area contributed by atoms with Crippen LogP contribution in [0.1, 0.15) is 79.1 Å². The average molecular weight is 889 g/mol. The van der Waals surface area contributed by atoms with Crippen LogP contribution in [-0.2, 0) is 23.7 Å². The lowest BCUT2D eigenvalue weighted by Crippen LogP contribution is -2.16. The van der Waals surface area contributed by atoms with Crippen LogP contribution in [0, 0.1) is 0 Å². The predicted molar refractivity (Wildman–Crippen MR) is 294 cm³/mol. The molecule has 0 heterocycles. The summed E-state index contributed by atoms with van der Waals surface area (Å²) in [6.45, 7) is 15.9. The van der Waals surface area contributed by atoms with Crippen LogP contribution in [0.3, 0.4) is 0 Å². The highest BCUT2D eigenvalue weighted by molar-refractivity contribution is 6.03. The van der Waals surface area contributed by atoms with Crippen molar-refractivity contribution < 1.29 is 0 Å². The number of nitrogens with zero attached hydrogens (tertiary/aromatic N) is 2. The summed E-state index contributed by atoms with van der Waals surface area (Å²) in [6.07, 6.45) is 8.66. The molecule has 0 N–H and O–H groups in total. The van der Waals surface area contributed by atoms with Crippen LogP contribution in [0.15, 0.2) is 219 Å². The lowest BCUT2D eigenvalue weighted by Gasteiger charge is -2.29. The van der Waals surface area contributed by atoms with Gasteiger partial charge in [0.2, 0.25) is 0 Å². The first-order chi connectivity index (χ1) is 33.6. The smallest absolute Gasteiger partial charge is 0.0540 e. The Labute approximate surface area is 407 Å². The maximum atomic E-state index is 4.32. The van der Waals surface area contributed by atoms with E-state index in [0.29, 0.717) is 0 Å². The molecular formula is C67H56N2. The maximum absolute atomic E-state index is 4.32. The van der Waals surface area contributed by atoms with Gasteiger partial charge in [-0.2, -0.15) is 0 Å². The van der Waals surface area contributed by atoms with E-state index >= 15 is 0 Å². The number of para-hydroxylation sites is 1. The monoisotopic (exact) mass is 888 g/mol. The summed E-state index contributed by atoms with van der Waals surface area (Å²) < 4.78 is 0. The molecule has 0 saturated heterocycles. The number of hydrogen-bond donors (Lipinski definition) is 0. The molecule has 0 fully saturated rings. The first kappa shape index (κ1) is 42.4. The lowest BCUT2D eigenvalue weighted by atomic mass is 9.82. The molecule has 12 rings (SSSR count). The maximum Gasteiger partial charge on any atom is 0.0540 e. The van der Waals surface area contributed by atoms with Crippen molar-refractivity contribution in [1.29, 1.82) is 0 Å². The summed E-state index contributed by atoms with van der Waals surface area (Å²) in [4.78, 5) is 4.85. The van der Waals surface area contributed by atoms with Gasteiger partial charge in [-0.25, -0.2) is 0 Å². The van der Waals surface area contributed by atoms with E-state index in [2.05, 4.69) is 257 Å². The Balaban J connectivity index is 0.881. The van der Waals surface area contributed by atoms with E-state index in [1.165, 1.54) is 77.8 Å². The minimum atomic E-state index is -0.107. The van der Waals surface area contributed by atoms with Crippen LogP contribution < -0.4 is 9.80 Å². The lowest BCUT2D eigenvalue weighted by molar-refractivity contribution is 0.660. The van der Waals surface area contributed by atoms with Crippen molar-refractivity contribution in [3.05, 3.63) is 263 Å². The van der Waals surface area contributed by atoms with Crippen molar-refractivity contribution in [3.8, 4) is 22.3 Å². The Morgan fingerprint density at radius 1 is 0.435 bits per heavy atom. The highest BCUT2D eigenvalue weighted by atomic mass is 15.1. The van der Waals surface area contributed by atoms with Crippen molar-refractivity contribution in [3.63, 3.8) is 0 Å². The molecule has 3 aliphatic rings. The Kier molecular flexibility index (Phi) is 10.1. The standard InChI is InChI=1S/C67H56N2/c1-7-44(46-27-32-51(33-28-46)68(50-18-10-9-11-19-50)53-36-38-57-55-20-12-14-23-60(55)66(3,4)62(57)42-53)41-45(8-2)47-29-34-52(35-30-47)69(64-40-31-49-26-25-48-17-16-22-59(64)65(48)49)54-37-39-58-56-21-13-15-24-61(56)67(5,6)63(58)43-54/h7-24,27-43H,1,25-26H2,2-6H3. The molecule has 3 aliphatic carbocycles. The van der Waals surface area contributed by atoms with Gasteiger partial charge in [-0.3, -0.25) is 0 Å². The zero-order valence-corrected chi connectivity index (χ0v) is 40.2. The van der Waals surface area contributed by atoms with Crippen LogP contribution >= 0.6 is 0 Å². The molecule has 0 aliphatic heterocycles. The van der Waals surface area contributed by atoms with Crippen LogP contribution in [0.5, 0.6) is 0 Å². The molecule has 9 aromatic rings. The third kappa shape index (κ3) is 6.84. The summed E-state index contributed by atoms with van der Waals surface area (Å²) in [7, 11) is 0. The van der Waals surface area contributed by atoms with Gasteiger partial charge in [0, 0.05) is 44.7 Å². The molecule has 0 bridgehead atoms. The number of aryl methyl sites for hydroxylation is 2. The van der Waals surface area contributed by atoms with Gasteiger partial charge in [0.05, 0.1) is 5.69 Å². The Morgan fingerprint density at radius 2 is 0.913 bits per heavy atom. The number of hydrogen-bond acceptors (Lipinski definition) is 2. The number of fused-ring (bicyclic) bond motifs is 6. The van der Waals surface area contributed by atoms with Crippen molar-refractivity contribution in [2.45, 2.75) is 58.3 Å². The van der Waals surface area contributed by atoms with Crippen molar-refractivity contribution in [1.82, 2.24) is 0 Å². The second-order valence-corrected chi connectivity index (χ2v) is 20.0. The molecule has 2 heteroatoms. The molecule has 334 valence electrons. The van der Waals surface area contributed by atoms with Crippen LogP contribution in [0.2, 0.25) is 0 Å². The first-order valence-electron chi connectivity index (χ1n) is 24.5. The van der Waals surface area contributed by atoms with Gasteiger partial charge < -0.3 is 9.80 Å². The van der Waals surface area contributed by atoms with E-state index in [1.807, 2.05) is 6.08 Å². The number of rotatable bonds is 10. The fourth-order valence-electron chi connectivity index (χ4n) is 11.9. The fraction of sp³-hybridized carbons (Fsp3) is 0.134. The Morgan fingerprint density at radius 3 is 1.49 bits per heavy atom. The number of allylic oxidation sites excluding steroid dienone is 5. The normalized spacial score (nSPS) is 14.8. The van der Waals surface area contributed by atoms with Gasteiger partial charge in [-0.15, -0.1) is 0 Å². The quantitative estimate of drug-likeness (QED) is 0.126. The number of benzene rings is 9. The van der Waals surface area contributed by atoms with Gasteiger partial charge in [-0.05, 0) is 176 Å². The third-order valence-corrected chi connectivity index (χ3v) is 15.5. The molecule has 69 heavy (non-hydrogen) atoms. The van der Waals surface area contributed by atoms with Crippen LogP contribution in [0.4, 0.5) is 34.1 Å². The fourth-order valence-corrected chi connectivity index (χ4v) is 11.9. The highest BCUT2D eigenvalue weighted by Gasteiger charge is 2.37. The van der Waals surface area contributed by atoms with Crippen LogP contribution in [-0.4, -0.2) is 0 Å². The van der Waals surface area contributed by atoms with Crippen molar-refractivity contribution in [2.75, 3.05) is 9.80 Å². The molecule has 0 radical (unpaired) electrons. The molecule has 0 saturated carbocycles. The molecule has 0 spiro atoms. The third-order valence-electron chi connectivity index (χ3n) is 15.5. The summed E-state index contributed by atoms with van der Waals surface area (Å²) in [5, 5.41) is 2.73. The molecule has 0 unspecified atom stereocenters. The molecule has 0 amide bonds. The van der Waals surface area contributed by atoms with E-state index in [9.17, 15) is 0 Å². The van der Waals surface area contributed by atoms with Crippen LogP contribution in [0.25, 0.3) is 44.2 Å². The summed E-state index contributed by atoms with van der Waals surface area (Å²) in [5.41, 5.74) is 24.9. The Hall–Kier alpha value is -7.94. The summed E-state index contributed by atoms with van der Waals surface area (Å²) >= 11 is 0. The minimum absolute atomic E-state index is 0.0908.